The molecule has 4 nitrogen and oxygen atoms in total. The van der Waals surface area contributed by atoms with Crippen LogP contribution >= 0.6 is 0 Å². The molecule has 0 amide bonds. The average molecular weight is 418 g/mol. The van der Waals surface area contributed by atoms with Gasteiger partial charge in [0.05, 0.1) is 6.42 Å². The molecule has 0 aromatic heterocycles. The first kappa shape index (κ1) is 26.2. The Balaban J connectivity index is 1.93. The normalized spacial score (nSPS) is 10.8. The number of carbonyl (C=O) groups excluding carboxylic acids is 1. The molecule has 0 saturated carbocycles. The number of Topliss-reactive ketones (excluding diaryl/α,β-unsaturated/α-hetero) is 1. The first-order chi connectivity index (χ1) is 14.6. The van der Waals surface area contributed by atoms with Crippen molar-refractivity contribution in [3.8, 4) is 0 Å². The number of rotatable bonds is 20. The van der Waals surface area contributed by atoms with Crippen LogP contribution in [-0.2, 0) is 4.79 Å². The number of unbranched alkanes of at least 4 members (excludes halogenated alkanes) is 13. The Morgan fingerprint density at radius 3 is 1.63 bits per heavy atom. The fraction of sp³-hybridized carbons (Fsp3) is 0.692. The second-order valence-corrected chi connectivity index (χ2v) is 8.42. The van der Waals surface area contributed by atoms with Gasteiger partial charge in [-0.05, 0) is 30.7 Å². The van der Waals surface area contributed by atoms with Crippen molar-refractivity contribution in [2.75, 3.05) is 11.9 Å². The number of ketones is 1. The molecule has 0 saturated heterocycles. The molecule has 0 fully saturated rings. The zero-order valence-electron chi connectivity index (χ0n) is 19.1. The Bertz CT molecular complexity index is 568. The first-order valence-corrected chi connectivity index (χ1v) is 12.2. The number of aliphatic carboxylic acids is 1. The molecule has 0 radical (unpaired) electrons. The van der Waals surface area contributed by atoms with E-state index < -0.39 is 5.97 Å². The third-order valence-corrected chi connectivity index (χ3v) is 5.63. The number of anilines is 1. The van der Waals surface area contributed by atoms with E-state index in [0.29, 0.717) is 5.56 Å². The Kier molecular flexibility index (Phi) is 15.7. The lowest BCUT2D eigenvalue weighted by atomic mass is 10.0. The maximum Gasteiger partial charge on any atom is 0.303 e. The van der Waals surface area contributed by atoms with E-state index in [4.69, 9.17) is 5.11 Å². The second kappa shape index (κ2) is 18.0. The Morgan fingerprint density at radius 2 is 1.17 bits per heavy atom. The molecule has 0 atom stereocenters. The van der Waals surface area contributed by atoms with Crippen LogP contribution in [0.5, 0.6) is 0 Å². The Labute approximate surface area is 183 Å². The van der Waals surface area contributed by atoms with Gasteiger partial charge in [0.15, 0.2) is 5.78 Å². The molecule has 170 valence electrons. The quantitative estimate of drug-likeness (QED) is 0.169. The van der Waals surface area contributed by atoms with Crippen LogP contribution in [0, 0.1) is 0 Å². The maximum atomic E-state index is 11.9. The van der Waals surface area contributed by atoms with Crippen LogP contribution in [0.2, 0.25) is 0 Å². The second-order valence-electron chi connectivity index (χ2n) is 8.42. The Hall–Kier alpha value is -1.84. The van der Waals surface area contributed by atoms with Crippen molar-refractivity contribution >= 4 is 17.4 Å². The van der Waals surface area contributed by atoms with Crippen molar-refractivity contribution in [1.82, 2.24) is 0 Å². The highest BCUT2D eigenvalue weighted by Gasteiger charge is 2.08. The lowest BCUT2D eigenvalue weighted by molar-refractivity contribution is -0.136. The van der Waals surface area contributed by atoms with Crippen LogP contribution in [-0.4, -0.2) is 23.4 Å². The minimum atomic E-state index is -0.935. The molecule has 1 rings (SSSR count). The van der Waals surface area contributed by atoms with Crippen molar-refractivity contribution in [1.29, 1.82) is 0 Å². The summed E-state index contributed by atoms with van der Waals surface area (Å²) in [6.07, 6.45) is 19.1. The van der Waals surface area contributed by atoms with Gasteiger partial charge in [-0.3, -0.25) is 9.59 Å². The van der Waals surface area contributed by atoms with Gasteiger partial charge < -0.3 is 10.4 Å². The van der Waals surface area contributed by atoms with Gasteiger partial charge in [-0.2, -0.15) is 0 Å². The standard InChI is InChI=1S/C26H43NO3/c1-2-3-4-5-6-7-8-9-10-11-12-13-14-15-22-27-24-18-16-23(17-19-24)25(28)20-21-26(29)30/h16-19,27H,2-15,20-22H2,1H3,(H,29,30). The number of nitrogens with one attached hydrogen (secondary N) is 1. The van der Waals surface area contributed by atoms with Crippen molar-refractivity contribution in [3.05, 3.63) is 29.8 Å². The van der Waals surface area contributed by atoms with E-state index in [1.54, 1.807) is 12.1 Å². The number of carboxylic acids is 1. The van der Waals surface area contributed by atoms with Crippen molar-refractivity contribution in [3.63, 3.8) is 0 Å². The van der Waals surface area contributed by atoms with E-state index >= 15 is 0 Å². The van der Waals surface area contributed by atoms with Gasteiger partial charge >= 0.3 is 5.97 Å². The summed E-state index contributed by atoms with van der Waals surface area (Å²) >= 11 is 0. The summed E-state index contributed by atoms with van der Waals surface area (Å²) < 4.78 is 0. The van der Waals surface area contributed by atoms with Gasteiger partial charge in [0.25, 0.3) is 0 Å². The highest BCUT2D eigenvalue weighted by molar-refractivity contribution is 5.97. The summed E-state index contributed by atoms with van der Waals surface area (Å²) in [6.45, 7) is 3.22. The lowest BCUT2D eigenvalue weighted by Gasteiger charge is -2.07. The monoisotopic (exact) mass is 417 g/mol. The van der Waals surface area contributed by atoms with E-state index in [1.807, 2.05) is 12.1 Å². The van der Waals surface area contributed by atoms with Crippen LogP contribution in [0.1, 0.15) is 120 Å². The van der Waals surface area contributed by atoms with Gasteiger partial charge in [0.1, 0.15) is 0 Å². The summed E-state index contributed by atoms with van der Waals surface area (Å²) in [4.78, 5) is 22.4. The van der Waals surface area contributed by atoms with Crippen LogP contribution < -0.4 is 5.32 Å². The van der Waals surface area contributed by atoms with Gasteiger partial charge in [-0.25, -0.2) is 0 Å². The molecule has 0 aliphatic rings. The molecule has 4 heteroatoms. The minimum Gasteiger partial charge on any atom is -0.481 e. The van der Waals surface area contributed by atoms with Gasteiger partial charge in [0.2, 0.25) is 0 Å². The first-order valence-electron chi connectivity index (χ1n) is 12.2. The molecule has 0 spiro atoms. The molecule has 1 aromatic rings. The summed E-state index contributed by atoms with van der Waals surface area (Å²) in [5, 5.41) is 12.1. The zero-order chi connectivity index (χ0) is 21.9. The largest absolute Gasteiger partial charge is 0.481 e. The number of benzene rings is 1. The fourth-order valence-electron chi connectivity index (χ4n) is 3.69. The SMILES string of the molecule is CCCCCCCCCCCCCCCCNc1ccc(C(=O)CCC(=O)O)cc1. The van der Waals surface area contributed by atoms with Crippen molar-refractivity contribution in [2.24, 2.45) is 0 Å². The highest BCUT2D eigenvalue weighted by Crippen LogP contribution is 2.14. The van der Waals surface area contributed by atoms with Crippen molar-refractivity contribution in [2.45, 2.75) is 110 Å². The zero-order valence-corrected chi connectivity index (χ0v) is 19.1. The third-order valence-electron chi connectivity index (χ3n) is 5.63. The summed E-state index contributed by atoms with van der Waals surface area (Å²) in [5.41, 5.74) is 1.60. The molecule has 0 bridgehead atoms. The fourth-order valence-corrected chi connectivity index (χ4v) is 3.69. The van der Waals surface area contributed by atoms with Gasteiger partial charge in [-0.1, -0.05) is 90.4 Å². The predicted octanol–water partition coefficient (Wildman–Crippen LogP) is 7.63. The molecule has 0 unspecified atom stereocenters. The van der Waals surface area contributed by atoms with Crippen LogP contribution in [0.15, 0.2) is 24.3 Å². The number of hydrogen-bond donors (Lipinski definition) is 2. The lowest BCUT2D eigenvalue weighted by Crippen LogP contribution is -2.05. The Morgan fingerprint density at radius 1 is 0.700 bits per heavy atom. The predicted molar refractivity (Wildman–Crippen MR) is 126 cm³/mol. The van der Waals surface area contributed by atoms with Gasteiger partial charge in [0, 0.05) is 24.2 Å². The van der Waals surface area contributed by atoms with Crippen LogP contribution in [0.25, 0.3) is 0 Å². The molecule has 1 aromatic carbocycles. The summed E-state index contributed by atoms with van der Waals surface area (Å²) in [5.74, 6) is -1.05. The average Bonchev–Trinajstić information content (AvgIpc) is 2.75. The summed E-state index contributed by atoms with van der Waals surface area (Å²) in [6, 6.07) is 7.35. The molecule has 0 aliphatic heterocycles. The van der Waals surface area contributed by atoms with E-state index in [9.17, 15) is 9.59 Å². The van der Waals surface area contributed by atoms with Crippen LogP contribution in [0.3, 0.4) is 0 Å². The minimum absolute atomic E-state index is 0.0567. The van der Waals surface area contributed by atoms with Crippen molar-refractivity contribution < 1.29 is 14.7 Å². The van der Waals surface area contributed by atoms with Crippen LogP contribution in [0.4, 0.5) is 5.69 Å². The highest BCUT2D eigenvalue weighted by atomic mass is 16.4. The number of hydrogen-bond acceptors (Lipinski definition) is 3. The maximum absolute atomic E-state index is 11.9. The van der Waals surface area contributed by atoms with Gasteiger partial charge in [-0.15, -0.1) is 0 Å². The topological polar surface area (TPSA) is 66.4 Å². The third kappa shape index (κ3) is 14.2. The number of carbonyl (C=O) groups is 2. The molecule has 30 heavy (non-hydrogen) atoms. The molecule has 0 heterocycles. The smallest absolute Gasteiger partial charge is 0.303 e. The summed E-state index contributed by atoms with van der Waals surface area (Å²) in [7, 11) is 0. The molecular formula is C26H43NO3. The molecule has 0 aliphatic carbocycles. The van der Waals surface area contributed by atoms with E-state index in [0.717, 1.165) is 18.7 Å². The molecule has 2 N–H and O–H groups in total. The molecular weight excluding hydrogens is 374 g/mol. The van der Waals surface area contributed by atoms with E-state index in [2.05, 4.69) is 12.2 Å². The van der Waals surface area contributed by atoms with E-state index in [1.165, 1.54) is 83.5 Å². The van der Waals surface area contributed by atoms with E-state index in [-0.39, 0.29) is 18.6 Å². The number of carboxylic acid groups (broad SMARTS) is 1.